The van der Waals surface area contributed by atoms with Gasteiger partial charge in [-0.25, -0.2) is 4.90 Å². The van der Waals surface area contributed by atoms with Crippen molar-refractivity contribution in [1.82, 2.24) is 0 Å². The molecule has 4 rings (SSSR count). The molecule has 0 saturated carbocycles. The maximum Gasteiger partial charge on any atom is 0.258 e. The number of hydrogen-bond donors (Lipinski definition) is 0. The van der Waals surface area contributed by atoms with E-state index >= 15 is 0 Å². The topological polar surface area (TPSA) is 66.8 Å². The molecule has 0 atom stereocenters. The molecule has 5 nitrogen and oxygen atoms in total. The molecule has 0 fully saturated rings. The van der Waals surface area contributed by atoms with Crippen LogP contribution in [0.25, 0.3) is 0 Å². The van der Waals surface area contributed by atoms with E-state index in [1.807, 2.05) is 50.2 Å². The summed E-state index contributed by atoms with van der Waals surface area (Å²) in [7, 11) is 0. The summed E-state index contributed by atoms with van der Waals surface area (Å²) in [6.45, 7) is 12.3. The molecule has 2 amide bonds. The quantitative estimate of drug-likeness (QED) is 0.277. The Hall–Kier alpha value is -3.86. The number of hydrogen-bond acceptors (Lipinski definition) is 4. The van der Waals surface area contributed by atoms with Gasteiger partial charge in [0.2, 0.25) is 0 Å². The van der Waals surface area contributed by atoms with Crippen molar-refractivity contribution in [3.05, 3.63) is 118 Å². The fraction of sp³-hybridized carbons (Fsp3) is 0.290. The number of nitroso groups, excluding NO2 is 1. The van der Waals surface area contributed by atoms with Crippen LogP contribution in [0, 0.1) is 4.91 Å². The van der Waals surface area contributed by atoms with Crippen molar-refractivity contribution in [3.8, 4) is 0 Å². The first kappa shape index (κ1) is 25.2. The molecule has 184 valence electrons. The molecule has 1 heterocycles. The van der Waals surface area contributed by atoms with Gasteiger partial charge >= 0.3 is 0 Å². The number of rotatable bonds is 7. The van der Waals surface area contributed by atoms with E-state index in [0.717, 1.165) is 16.7 Å². The fourth-order valence-electron chi connectivity index (χ4n) is 4.67. The van der Waals surface area contributed by atoms with Crippen molar-refractivity contribution >= 4 is 17.5 Å². The van der Waals surface area contributed by atoms with E-state index in [1.54, 1.807) is 0 Å². The van der Waals surface area contributed by atoms with Gasteiger partial charge in [-0.1, -0.05) is 93.5 Å². The Bertz CT molecular complexity index is 1310. The van der Waals surface area contributed by atoms with E-state index in [4.69, 9.17) is 0 Å². The van der Waals surface area contributed by atoms with Gasteiger partial charge in [0.25, 0.3) is 11.8 Å². The lowest BCUT2D eigenvalue weighted by molar-refractivity contribution is -0.119. The summed E-state index contributed by atoms with van der Waals surface area (Å²) in [6, 6.07) is 24.4. The fourth-order valence-corrected chi connectivity index (χ4v) is 4.67. The van der Waals surface area contributed by atoms with Gasteiger partial charge in [0, 0.05) is 23.0 Å². The standard InChI is InChI=1S/C31H32N2O3/c1-29(2,23-11-13-25(14-12-23)31(5,6)32-36)21-7-9-22(10-8-21)30(3,4)24-15-17-26(18-16-24)33-27(34)19-20-28(33)35/h7-20H,1-6H3. The number of carbonyl (C=O) groups excluding carboxylic acids is 2. The van der Waals surface area contributed by atoms with E-state index in [1.165, 1.54) is 28.2 Å². The molecule has 0 aromatic heterocycles. The van der Waals surface area contributed by atoms with Crippen LogP contribution in [0.2, 0.25) is 0 Å². The van der Waals surface area contributed by atoms with E-state index in [-0.39, 0.29) is 22.6 Å². The van der Waals surface area contributed by atoms with Crippen LogP contribution in [0.5, 0.6) is 0 Å². The van der Waals surface area contributed by atoms with Crippen LogP contribution < -0.4 is 4.90 Å². The highest BCUT2D eigenvalue weighted by Gasteiger charge is 2.29. The average Bonchev–Trinajstić information content (AvgIpc) is 3.21. The largest absolute Gasteiger partial charge is 0.269 e. The van der Waals surface area contributed by atoms with Gasteiger partial charge in [0.05, 0.1) is 5.69 Å². The minimum absolute atomic E-state index is 0.218. The zero-order valence-corrected chi connectivity index (χ0v) is 21.7. The van der Waals surface area contributed by atoms with Crippen molar-refractivity contribution in [2.24, 2.45) is 5.18 Å². The Morgan fingerprint density at radius 1 is 0.528 bits per heavy atom. The molecule has 36 heavy (non-hydrogen) atoms. The maximum atomic E-state index is 12.0. The Kier molecular flexibility index (Phi) is 6.29. The number of imide groups is 1. The minimum atomic E-state index is -0.746. The smallest absolute Gasteiger partial charge is 0.258 e. The number of anilines is 1. The first-order chi connectivity index (χ1) is 16.9. The molecule has 5 heteroatoms. The lowest BCUT2D eigenvalue weighted by Crippen LogP contribution is -2.29. The Morgan fingerprint density at radius 3 is 1.17 bits per heavy atom. The summed E-state index contributed by atoms with van der Waals surface area (Å²) in [4.78, 5) is 36.3. The van der Waals surface area contributed by atoms with E-state index in [0.29, 0.717) is 5.69 Å². The third-order valence-electron chi connectivity index (χ3n) is 7.53. The molecule has 0 spiro atoms. The second-order valence-electron chi connectivity index (χ2n) is 10.9. The van der Waals surface area contributed by atoms with E-state index in [2.05, 4.69) is 69.3 Å². The van der Waals surface area contributed by atoms with Crippen LogP contribution >= 0.6 is 0 Å². The lowest BCUT2D eigenvalue weighted by atomic mass is 9.74. The molecule has 0 radical (unpaired) electrons. The van der Waals surface area contributed by atoms with Crippen molar-refractivity contribution in [2.45, 2.75) is 57.9 Å². The van der Waals surface area contributed by atoms with E-state index < -0.39 is 5.54 Å². The van der Waals surface area contributed by atoms with Crippen LogP contribution in [0.3, 0.4) is 0 Å². The van der Waals surface area contributed by atoms with Gasteiger partial charge in [-0.15, -0.1) is 4.91 Å². The van der Waals surface area contributed by atoms with Crippen LogP contribution in [0.4, 0.5) is 5.69 Å². The molecule has 0 N–H and O–H groups in total. The van der Waals surface area contributed by atoms with Crippen molar-refractivity contribution in [1.29, 1.82) is 0 Å². The average molecular weight is 481 g/mol. The Balaban J connectivity index is 1.56. The summed E-state index contributed by atoms with van der Waals surface area (Å²) in [5.41, 5.74) is 4.85. The minimum Gasteiger partial charge on any atom is -0.269 e. The normalized spacial score (nSPS) is 14.4. The highest BCUT2D eigenvalue weighted by molar-refractivity contribution is 6.28. The molecule has 0 saturated heterocycles. The Morgan fingerprint density at radius 2 is 0.833 bits per heavy atom. The molecule has 3 aromatic carbocycles. The van der Waals surface area contributed by atoms with Gasteiger partial charge in [-0.05, 0) is 53.8 Å². The third kappa shape index (κ3) is 4.41. The van der Waals surface area contributed by atoms with Crippen molar-refractivity contribution in [2.75, 3.05) is 4.90 Å². The lowest BCUT2D eigenvalue weighted by Gasteiger charge is -2.30. The summed E-state index contributed by atoms with van der Waals surface area (Å²) >= 11 is 0. The predicted octanol–water partition coefficient (Wildman–Crippen LogP) is 6.77. The molecular weight excluding hydrogens is 448 g/mol. The van der Waals surface area contributed by atoms with Crippen molar-refractivity contribution < 1.29 is 9.59 Å². The molecule has 0 aliphatic carbocycles. The van der Waals surface area contributed by atoms with Gasteiger partial charge in [0.15, 0.2) is 0 Å². The molecule has 0 bridgehead atoms. The number of carbonyl (C=O) groups is 2. The molecule has 1 aliphatic heterocycles. The first-order valence-corrected chi connectivity index (χ1v) is 12.1. The van der Waals surface area contributed by atoms with Crippen LogP contribution in [-0.2, 0) is 26.0 Å². The summed E-state index contributed by atoms with van der Waals surface area (Å²) < 4.78 is 0. The highest BCUT2D eigenvalue weighted by atomic mass is 16.3. The molecule has 1 aliphatic rings. The van der Waals surface area contributed by atoms with Crippen LogP contribution in [0.1, 0.15) is 69.4 Å². The second kappa shape index (κ2) is 8.98. The van der Waals surface area contributed by atoms with Crippen LogP contribution in [0.15, 0.2) is 90.1 Å². The number of amides is 2. The number of benzene rings is 3. The molecular formula is C31H32N2O3. The monoisotopic (exact) mass is 480 g/mol. The SMILES string of the molecule is CC(C)(N=O)c1ccc(C(C)(C)c2ccc(C(C)(C)c3ccc(N4C(=O)C=CC4=O)cc3)cc2)cc1. The summed E-state index contributed by atoms with van der Waals surface area (Å²) in [6.07, 6.45) is 2.58. The van der Waals surface area contributed by atoms with Gasteiger partial charge in [0.1, 0.15) is 5.54 Å². The van der Waals surface area contributed by atoms with Crippen LogP contribution in [-0.4, -0.2) is 11.8 Å². The van der Waals surface area contributed by atoms with Gasteiger partial charge < -0.3 is 0 Å². The predicted molar refractivity (Wildman–Crippen MR) is 144 cm³/mol. The molecule has 3 aromatic rings. The van der Waals surface area contributed by atoms with E-state index in [9.17, 15) is 14.5 Å². The van der Waals surface area contributed by atoms with Crippen molar-refractivity contribution in [3.63, 3.8) is 0 Å². The summed E-state index contributed by atoms with van der Waals surface area (Å²) in [5, 5.41) is 3.24. The highest BCUT2D eigenvalue weighted by Crippen LogP contribution is 2.37. The first-order valence-electron chi connectivity index (χ1n) is 12.1. The third-order valence-corrected chi connectivity index (χ3v) is 7.53. The number of nitrogens with zero attached hydrogens (tertiary/aromatic N) is 2. The summed E-state index contributed by atoms with van der Waals surface area (Å²) in [5.74, 6) is -0.632. The molecule has 0 unspecified atom stereocenters. The second-order valence-corrected chi connectivity index (χ2v) is 10.9. The Labute approximate surface area is 212 Å². The van der Waals surface area contributed by atoms with Gasteiger partial charge in [-0.3, -0.25) is 9.59 Å². The zero-order valence-electron chi connectivity index (χ0n) is 21.7. The zero-order chi connectivity index (χ0) is 26.3. The maximum absolute atomic E-state index is 12.0. The van der Waals surface area contributed by atoms with Gasteiger partial charge in [-0.2, -0.15) is 0 Å².